The largest absolute Gasteiger partial charge is 0.467 e. The van der Waals surface area contributed by atoms with Crippen molar-refractivity contribution < 1.29 is 44.1 Å². The minimum atomic E-state index is -4.91. The third kappa shape index (κ3) is 5.57. The number of hydrogen-bond acceptors (Lipinski definition) is 10. The molecule has 13 nitrogen and oxygen atoms in total. The minimum Gasteiger partial charge on any atom is -0.467 e. The Morgan fingerprint density at radius 1 is 0.806 bits per heavy atom. The smallest absolute Gasteiger partial charge is 0.421 e. The standard InChI is InChI=1S/C19H18F2N6O7S2/c1-32-18-23-16(24-19(25-18)33-2)22-17(26-35(28,29)14-10-6-4-8-12(14)20)27(34-3)36(30,31)15-11-7-5-9-13(15)21/h4-11H,1-3H3,(H,22,23,24,25,26)/p+1. The van der Waals surface area contributed by atoms with Crippen molar-refractivity contribution in [2.24, 2.45) is 0 Å². The van der Waals surface area contributed by atoms with Gasteiger partial charge in [0.1, 0.15) is 28.5 Å². The number of rotatable bonds is 8. The first-order valence-electron chi connectivity index (χ1n) is 9.63. The van der Waals surface area contributed by atoms with Crippen LogP contribution in [-0.2, 0) is 24.9 Å². The maximum atomic E-state index is 14.4. The molecule has 0 saturated heterocycles. The number of methoxy groups -OCH3 is 2. The van der Waals surface area contributed by atoms with Gasteiger partial charge in [0.2, 0.25) is 0 Å². The SMILES string of the molecule is COc1nc(NC(NS(=O)(=O)c2ccccc2F)=[N+](OC)S(=O)(=O)c2ccccc2F)nc(OC)n1. The Labute approximate surface area is 204 Å². The Morgan fingerprint density at radius 3 is 1.78 bits per heavy atom. The lowest BCUT2D eigenvalue weighted by atomic mass is 10.4. The van der Waals surface area contributed by atoms with E-state index in [0.717, 1.165) is 31.4 Å². The fourth-order valence-corrected chi connectivity index (χ4v) is 5.10. The molecule has 0 spiro atoms. The molecule has 0 atom stereocenters. The summed E-state index contributed by atoms with van der Waals surface area (Å²) in [6.45, 7) is 0. The normalized spacial score (nSPS) is 12.4. The van der Waals surface area contributed by atoms with Gasteiger partial charge in [0, 0.05) is 4.14 Å². The molecule has 2 aromatic carbocycles. The first-order chi connectivity index (χ1) is 17.0. The van der Waals surface area contributed by atoms with E-state index in [1.807, 2.05) is 4.72 Å². The van der Waals surface area contributed by atoms with Gasteiger partial charge in [-0.2, -0.15) is 21.6 Å². The van der Waals surface area contributed by atoms with Gasteiger partial charge in [-0.3, -0.25) is 0 Å². The van der Waals surface area contributed by atoms with Gasteiger partial charge in [-0.05, 0) is 24.3 Å². The lowest BCUT2D eigenvalue weighted by Gasteiger charge is -2.13. The van der Waals surface area contributed by atoms with Gasteiger partial charge >= 0.3 is 44.0 Å². The molecule has 192 valence electrons. The maximum absolute atomic E-state index is 14.4. The van der Waals surface area contributed by atoms with Crippen molar-refractivity contribution in [2.75, 3.05) is 26.6 Å². The zero-order valence-electron chi connectivity index (χ0n) is 18.8. The van der Waals surface area contributed by atoms with Crippen LogP contribution in [-0.4, -0.2) is 63.2 Å². The molecular formula is C19H19F2N6O7S2+. The summed E-state index contributed by atoms with van der Waals surface area (Å²) >= 11 is 0. The highest BCUT2D eigenvalue weighted by Gasteiger charge is 2.36. The molecule has 0 bridgehead atoms. The quantitative estimate of drug-likeness (QED) is 0.179. The number of ether oxygens (including phenoxy) is 2. The molecule has 36 heavy (non-hydrogen) atoms. The van der Waals surface area contributed by atoms with E-state index in [2.05, 4.69) is 20.3 Å². The van der Waals surface area contributed by atoms with Crippen LogP contribution in [0.5, 0.6) is 12.0 Å². The summed E-state index contributed by atoms with van der Waals surface area (Å²) in [5, 5.41) is 2.30. The Hall–Kier alpha value is -4.12. The zero-order valence-corrected chi connectivity index (χ0v) is 20.5. The summed E-state index contributed by atoms with van der Waals surface area (Å²) in [5.74, 6) is -3.73. The number of halogens is 2. The molecule has 3 rings (SSSR count). The Morgan fingerprint density at radius 2 is 1.31 bits per heavy atom. The number of sulfonamides is 2. The van der Waals surface area contributed by atoms with E-state index in [0.29, 0.717) is 0 Å². The second kappa shape index (κ2) is 10.6. The van der Waals surface area contributed by atoms with Crippen molar-refractivity contribution in [2.45, 2.75) is 9.79 Å². The Bertz CT molecular complexity index is 1500. The van der Waals surface area contributed by atoms with E-state index in [4.69, 9.17) is 14.3 Å². The van der Waals surface area contributed by atoms with Crippen LogP contribution in [0.1, 0.15) is 0 Å². The molecule has 0 fully saturated rings. The lowest BCUT2D eigenvalue weighted by Crippen LogP contribution is -2.45. The number of guanidine groups is 1. The van der Waals surface area contributed by atoms with Crippen LogP contribution >= 0.6 is 0 Å². The second-order valence-corrected chi connectivity index (χ2v) is 9.86. The molecule has 17 heteroatoms. The van der Waals surface area contributed by atoms with Crippen molar-refractivity contribution in [3.8, 4) is 12.0 Å². The van der Waals surface area contributed by atoms with Gasteiger partial charge in [0.25, 0.3) is 0 Å². The summed E-state index contributed by atoms with van der Waals surface area (Å²) in [4.78, 5) is 14.7. The molecule has 0 unspecified atom stereocenters. The fourth-order valence-electron chi connectivity index (χ4n) is 2.69. The Kier molecular flexibility index (Phi) is 7.83. The molecule has 1 aromatic heterocycles. The van der Waals surface area contributed by atoms with Gasteiger partial charge in [-0.25, -0.2) is 14.1 Å². The van der Waals surface area contributed by atoms with E-state index >= 15 is 0 Å². The van der Waals surface area contributed by atoms with Gasteiger partial charge < -0.3 is 14.3 Å². The van der Waals surface area contributed by atoms with E-state index in [9.17, 15) is 25.6 Å². The molecular weight excluding hydrogens is 526 g/mol. The molecule has 0 aliphatic heterocycles. The summed E-state index contributed by atoms with van der Waals surface area (Å²) in [6.07, 6.45) is 0. The van der Waals surface area contributed by atoms with Crippen LogP contribution in [0, 0.1) is 11.6 Å². The van der Waals surface area contributed by atoms with Gasteiger partial charge in [-0.15, -0.1) is 15.0 Å². The molecule has 0 radical (unpaired) electrons. The third-order valence-electron chi connectivity index (χ3n) is 4.23. The molecule has 0 aliphatic carbocycles. The topological polar surface area (TPSA) is 162 Å². The summed E-state index contributed by atoms with van der Waals surface area (Å²) in [7, 11) is -6.40. The minimum absolute atomic E-state index is 0.0204. The van der Waals surface area contributed by atoms with E-state index < -0.39 is 53.4 Å². The van der Waals surface area contributed by atoms with Crippen molar-refractivity contribution in [1.82, 2.24) is 19.7 Å². The predicted octanol–water partition coefficient (Wildman–Crippen LogP) is 0.876. The van der Waals surface area contributed by atoms with Crippen molar-refractivity contribution in [1.29, 1.82) is 0 Å². The zero-order chi connectivity index (χ0) is 26.5. The molecule has 0 saturated carbocycles. The first-order valence-corrected chi connectivity index (χ1v) is 12.5. The van der Waals surface area contributed by atoms with Gasteiger partial charge in [0.15, 0.2) is 0 Å². The van der Waals surface area contributed by atoms with Crippen LogP contribution in [0.3, 0.4) is 0 Å². The first kappa shape index (κ1) is 26.5. The summed E-state index contributed by atoms with van der Waals surface area (Å²) in [6, 6.07) is 8.03. The highest BCUT2D eigenvalue weighted by Crippen LogP contribution is 2.19. The molecule has 0 aliphatic rings. The molecule has 0 amide bonds. The van der Waals surface area contributed by atoms with E-state index in [-0.39, 0.29) is 16.2 Å². The maximum Gasteiger partial charge on any atom is 0.421 e. The lowest BCUT2D eigenvalue weighted by molar-refractivity contribution is -0.667. The van der Waals surface area contributed by atoms with Gasteiger partial charge in [0.05, 0.1) is 14.2 Å². The summed E-state index contributed by atoms with van der Waals surface area (Å²) in [5.41, 5.74) is 0. The van der Waals surface area contributed by atoms with Crippen LogP contribution in [0.2, 0.25) is 0 Å². The van der Waals surface area contributed by atoms with E-state index in [1.54, 1.807) is 0 Å². The predicted molar refractivity (Wildman–Crippen MR) is 119 cm³/mol. The average molecular weight is 546 g/mol. The Balaban J connectivity index is 2.24. The number of benzene rings is 2. The van der Waals surface area contributed by atoms with Gasteiger partial charge in [-0.1, -0.05) is 24.3 Å². The van der Waals surface area contributed by atoms with Crippen LogP contribution in [0.4, 0.5) is 14.7 Å². The molecule has 3 aromatic rings. The second-order valence-electron chi connectivity index (χ2n) is 6.49. The van der Waals surface area contributed by atoms with Crippen LogP contribution in [0.25, 0.3) is 0 Å². The van der Waals surface area contributed by atoms with Crippen LogP contribution < -0.4 is 19.5 Å². The van der Waals surface area contributed by atoms with Crippen molar-refractivity contribution >= 4 is 32.0 Å². The number of nitrogens with one attached hydrogen (secondary N) is 2. The highest BCUT2D eigenvalue weighted by atomic mass is 32.2. The van der Waals surface area contributed by atoms with E-state index in [1.165, 1.54) is 38.5 Å². The highest BCUT2D eigenvalue weighted by molar-refractivity contribution is 7.90. The van der Waals surface area contributed by atoms with Crippen LogP contribution in [0.15, 0.2) is 58.3 Å². The fraction of sp³-hybridized carbons (Fsp3) is 0.158. The average Bonchev–Trinajstić information content (AvgIpc) is 2.84. The number of anilines is 1. The molecule has 1 heterocycles. The van der Waals surface area contributed by atoms with Crippen molar-refractivity contribution in [3.63, 3.8) is 0 Å². The third-order valence-corrected chi connectivity index (χ3v) is 7.26. The number of hydrogen-bond donors (Lipinski definition) is 2. The van der Waals surface area contributed by atoms with Crippen molar-refractivity contribution in [3.05, 3.63) is 60.2 Å². The number of nitrogens with zero attached hydrogens (tertiary/aromatic N) is 4. The monoisotopic (exact) mass is 545 g/mol. The number of aromatic nitrogens is 3. The summed E-state index contributed by atoms with van der Waals surface area (Å²) < 4.78 is 92.8. The molecule has 2 N–H and O–H groups in total.